The van der Waals surface area contributed by atoms with Crippen LogP contribution in [-0.4, -0.2) is 22.9 Å². The molecule has 13 heavy (non-hydrogen) atoms. The number of anilines is 1. The summed E-state index contributed by atoms with van der Waals surface area (Å²) in [7, 11) is 1.31. The average molecular weight is 183 g/mol. The highest BCUT2D eigenvalue weighted by atomic mass is 16.5. The van der Waals surface area contributed by atoms with Crippen LogP contribution in [0.3, 0.4) is 0 Å². The highest BCUT2D eigenvalue weighted by molar-refractivity contribution is 5.87. The number of nitrogen functional groups attached to an aromatic ring is 1. The Morgan fingerprint density at radius 3 is 2.69 bits per heavy atom. The Hall–Kier alpha value is -1.52. The summed E-state index contributed by atoms with van der Waals surface area (Å²) in [6, 6.07) is 1.64. The molecule has 0 radical (unpaired) electrons. The minimum absolute atomic E-state index is 0.137. The summed E-state index contributed by atoms with van der Waals surface area (Å²) in [6.45, 7) is 3.87. The number of esters is 1. The molecule has 0 atom stereocenters. The van der Waals surface area contributed by atoms with Gasteiger partial charge in [0.25, 0.3) is 0 Å². The van der Waals surface area contributed by atoms with Crippen molar-refractivity contribution in [3.05, 3.63) is 11.8 Å². The van der Waals surface area contributed by atoms with Crippen LogP contribution in [0.1, 0.15) is 30.4 Å². The maximum atomic E-state index is 11.0. The van der Waals surface area contributed by atoms with Gasteiger partial charge in [0.05, 0.1) is 7.11 Å². The van der Waals surface area contributed by atoms with E-state index in [0.29, 0.717) is 5.82 Å². The van der Waals surface area contributed by atoms with Crippen LogP contribution < -0.4 is 5.73 Å². The first-order valence-electron chi connectivity index (χ1n) is 3.99. The Bertz CT molecular complexity index is 317. The number of carbonyl (C=O) groups is 1. The van der Waals surface area contributed by atoms with Crippen LogP contribution in [0.2, 0.25) is 0 Å². The van der Waals surface area contributed by atoms with Crippen molar-refractivity contribution in [1.29, 1.82) is 0 Å². The molecule has 1 heterocycles. The van der Waals surface area contributed by atoms with Crippen molar-refractivity contribution in [2.75, 3.05) is 12.8 Å². The number of carbonyl (C=O) groups excluding carboxylic acids is 1. The molecule has 1 rings (SSSR count). The van der Waals surface area contributed by atoms with Crippen molar-refractivity contribution in [2.24, 2.45) is 0 Å². The summed E-state index contributed by atoms with van der Waals surface area (Å²) in [4.78, 5) is 11.0. The van der Waals surface area contributed by atoms with Gasteiger partial charge in [-0.15, -0.1) is 0 Å². The molecular formula is C8H13N3O2. The molecule has 1 aromatic rings. The summed E-state index contributed by atoms with van der Waals surface area (Å²) >= 11 is 0. The summed E-state index contributed by atoms with van der Waals surface area (Å²) in [5.74, 6) is 0.00139. The number of methoxy groups -OCH3 is 1. The predicted molar refractivity (Wildman–Crippen MR) is 48.4 cm³/mol. The van der Waals surface area contributed by atoms with Gasteiger partial charge in [0, 0.05) is 12.1 Å². The van der Waals surface area contributed by atoms with Crippen molar-refractivity contribution in [3.8, 4) is 0 Å². The third kappa shape index (κ3) is 1.80. The van der Waals surface area contributed by atoms with E-state index in [9.17, 15) is 4.79 Å². The van der Waals surface area contributed by atoms with Crippen molar-refractivity contribution in [3.63, 3.8) is 0 Å². The molecule has 0 saturated heterocycles. The van der Waals surface area contributed by atoms with Crippen molar-refractivity contribution in [2.45, 2.75) is 19.9 Å². The Labute approximate surface area is 76.5 Å². The predicted octanol–water partition coefficient (Wildman–Crippen LogP) is 0.833. The topological polar surface area (TPSA) is 70.1 Å². The maximum absolute atomic E-state index is 11.0. The van der Waals surface area contributed by atoms with Gasteiger partial charge in [-0.25, -0.2) is 9.48 Å². The lowest BCUT2D eigenvalue weighted by atomic mass is 10.4. The molecule has 72 valence electrons. The van der Waals surface area contributed by atoms with Gasteiger partial charge in [-0.1, -0.05) is 0 Å². The van der Waals surface area contributed by atoms with Crippen LogP contribution in [0.25, 0.3) is 0 Å². The SMILES string of the molecule is COC(=O)c1cc(N)n(C(C)C)n1. The minimum atomic E-state index is -0.467. The number of nitrogens with two attached hydrogens (primary N) is 1. The van der Waals surface area contributed by atoms with Crippen molar-refractivity contribution < 1.29 is 9.53 Å². The lowest BCUT2D eigenvalue weighted by Crippen LogP contribution is -2.08. The molecular weight excluding hydrogens is 170 g/mol. The number of hydrogen-bond donors (Lipinski definition) is 1. The van der Waals surface area contributed by atoms with Crippen LogP contribution in [0.4, 0.5) is 5.82 Å². The van der Waals surface area contributed by atoms with E-state index in [-0.39, 0.29) is 11.7 Å². The molecule has 0 unspecified atom stereocenters. The van der Waals surface area contributed by atoms with Crippen LogP contribution in [0.15, 0.2) is 6.07 Å². The summed E-state index contributed by atoms with van der Waals surface area (Å²) in [6.07, 6.45) is 0. The van der Waals surface area contributed by atoms with E-state index in [2.05, 4.69) is 9.84 Å². The van der Waals surface area contributed by atoms with E-state index < -0.39 is 5.97 Å². The number of nitrogens with zero attached hydrogens (tertiary/aromatic N) is 2. The Morgan fingerprint density at radius 2 is 2.31 bits per heavy atom. The highest BCUT2D eigenvalue weighted by Gasteiger charge is 2.13. The number of aromatic nitrogens is 2. The third-order valence-corrected chi connectivity index (χ3v) is 1.65. The number of rotatable bonds is 2. The van der Waals surface area contributed by atoms with Gasteiger partial charge in [0.1, 0.15) is 5.82 Å². The molecule has 0 aliphatic rings. The van der Waals surface area contributed by atoms with E-state index >= 15 is 0 Å². The van der Waals surface area contributed by atoms with Gasteiger partial charge in [-0.05, 0) is 13.8 Å². The first kappa shape index (κ1) is 9.57. The first-order valence-corrected chi connectivity index (χ1v) is 3.99. The fourth-order valence-electron chi connectivity index (χ4n) is 1.03. The van der Waals surface area contributed by atoms with Gasteiger partial charge in [-0.3, -0.25) is 0 Å². The molecule has 0 aliphatic carbocycles. The van der Waals surface area contributed by atoms with Gasteiger partial charge in [0.2, 0.25) is 0 Å². The number of ether oxygens (including phenoxy) is 1. The molecule has 5 heteroatoms. The standard InChI is InChI=1S/C8H13N3O2/c1-5(2)11-7(9)4-6(10-11)8(12)13-3/h4-5H,9H2,1-3H3. The fraction of sp³-hybridized carbons (Fsp3) is 0.500. The minimum Gasteiger partial charge on any atom is -0.464 e. The van der Waals surface area contributed by atoms with Gasteiger partial charge >= 0.3 is 5.97 Å². The van der Waals surface area contributed by atoms with Crippen LogP contribution in [-0.2, 0) is 4.74 Å². The van der Waals surface area contributed by atoms with Crippen LogP contribution in [0.5, 0.6) is 0 Å². The Kier molecular flexibility index (Phi) is 2.55. The lowest BCUT2D eigenvalue weighted by Gasteiger charge is -2.06. The lowest BCUT2D eigenvalue weighted by molar-refractivity contribution is 0.0593. The fourth-order valence-corrected chi connectivity index (χ4v) is 1.03. The van der Waals surface area contributed by atoms with Crippen molar-refractivity contribution >= 4 is 11.8 Å². The number of hydrogen-bond acceptors (Lipinski definition) is 4. The molecule has 0 saturated carbocycles. The second kappa shape index (κ2) is 3.47. The smallest absolute Gasteiger partial charge is 0.358 e. The van der Waals surface area contributed by atoms with E-state index in [4.69, 9.17) is 5.73 Å². The molecule has 0 amide bonds. The quantitative estimate of drug-likeness (QED) is 0.689. The van der Waals surface area contributed by atoms with Gasteiger partial charge in [0.15, 0.2) is 5.69 Å². The monoisotopic (exact) mass is 183 g/mol. The Balaban J connectivity index is 3.02. The van der Waals surface area contributed by atoms with E-state index in [1.54, 1.807) is 4.68 Å². The molecule has 0 aromatic carbocycles. The summed E-state index contributed by atoms with van der Waals surface area (Å²) in [5.41, 5.74) is 5.87. The van der Waals surface area contributed by atoms with Gasteiger partial charge in [-0.2, -0.15) is 5.10 Å². The molecule has 0 bridgehead atoms. The average Bonchev–Trinajstić information content (AvgIpc) is 2.46. The van der Waals surface area contributed by atoms with E-state index in [1.807, 2.05) is 13.8 Å². The zero-order valence-electron chi connectivity index (χ0n) is 7.94. The van der Waals surface area contributed by atoms with E-state index in [0.717, 1.165) is 0 Å². The molecule has 5 nitrogen and oxygen atoms in total. The van der Waals surface area contributed by atoms with Crippen LogP contribution in [0, 0.1) is 0 Å². The highest BCUT2D eigenvalue weighted by Crippen LogP contribution is 2.13. The summed E-state index contributed by atoms with van der Waals surface area (Å²) < 4.78 is 6.09. The largest absolute Gasteiger partial charge is 0.464 e. The molecule has 0 spiro atoms. The molecule has 0 aliphatic heterocycles. The Morgan fingerprint density at radius 1 is 1.69 bits per heavy atom. The zero-order chi connectivity index (χ0) is 10.0. The second-order valence-corrected chi connectivity index (χ2v) is 2.98. The molecule has 1 aromatic heterocycles. The van der Waals surface area contributed by atoms with Crippen LogP contribution >= 0.6 is 0 Å². The summed E-state index contributed by atoms with van der Waals surface area (Å²) in [5, 5.41) is 4.00. The zero-order valence-corrected chi connectivity index (χ0v) is 7.94. The molecule has 2 N–H and O–H groups in total. The first-order chi connectivity index (χ1) is 6.06. The van der Waals surface area contributed by atoms with Gasteiger partial charge < -0.3 is 10.5 Å². The van der Waals surface area contributed by atoms with Crippen molar-refractivity contribution in [1.82, 2.24) is 9.78 Å². The third-order valence-electron chi connectivity index (χ3n) is 1.65. The molecule has 0 fully saturated rings. The normalized spacial score (nSPS) is 10.5. The maximum Gasteiger partial charge on any atom is 0.358 e. The van der Waals surface area contributed by atoms with E-state index in [1.165, 1.54) is 13.2 Å². The second-order valence-electron chi connectivity index (χ2n) is 2.98.